The van der Waals surface area contributed by atoms with Crippen LogP contribution in [0.5, 0.6) is 5.75 Å². The maximum absolute atomic E-state index is 10.0. The Hall–Kier alpha value is -0.980. The molecule has 14 heavy (non-hydrogen) atoms. The molecule has 0 saturated heterocycles. The number of phenolic OH excluding ortho intramolecular Hbond substituents is 1. The zero-order valence-corrected chi connectivity index (χ0v) is 8.79. The average molecular weight is 190 g/mol. The smallest absolute Gasteiger partial charge is 0.122 e. The van der Waals surface area contributed by atoms with Crippen LogP contribution in [0.2, 0.25) is 0 Å². The lowest BCUT2D eigenvalue weighted by molar-refractivity contribution is 0.455. The molecule has 1 aliphatic carbocycles. The van der Waals surface area contributed by atoms with Crippen molar-refractivity contribution in [1.82, 2.24) is 0 Å². The van der Waals surface area contributed by atoms with Gasteiger partial charge in [0.05, 0.1) is 0 Å². The first kappa shape index (κ1) is 9.57. The third-order valence-corrected chi connectivity index (χ3v) is 3.33. The van der Waals surface area contributed by atoms with Crippen molar-refractivity contribution in [2.75, 3.05) is 0 Å². The molecule has 0 radical (unpaired) electrons. The van der Waals surface area contributed by atoms with Crippen LogP contribution in [0.1, 0.15) is 49.7 Å². The quantitative estimate of drug-likeness (QED) is 0.755. The first-order valence-electron chi connectivity index (χ1n) is 5.63. The van der Waals surface area contributed by atoms with Gasteiger partial charge >= 0.3 is 0 Å². The third-order valence-electron chi connectivity index (χ3n) is 3.33. The Kier molecular flexibility index (Phi) is 2.76. The molecule has 0 unspecified atom stereocenters. The molecule has 2 rings (SSSR count). The number of phenols is 1. The zero-order valence-electron chi connectivity index (χ0n) is 8.79. The molecule has 0 heterocycles. The summed E-state index contributed by atoms with van der Waals surface area (Å²) in [7, 11) is 0. The second-order valence-corrected chi connectivity index (χ2v) is 4.19. The highest BCUT2D eigenvalue weighted by Crippen LogP contribution is 2.39. The first-order valence-corrected chi connectivity index (χ1v) is 5.63. The molecule has 1 saturated carbocycles. The molecular weight excluding hydrogens is 172 g/mol. The highest BCUT2D eigenvalue weighted by atomic mass is 16.3. The third kappa shape index (κ3) is 1.63. The van der Waals surface area contributed by atoms with Gasteiger partial charge in [-0.15, -0.1) is 0 Å². The molecule has 1 aromatic rings. The van der Waals surface area contributed by atoms with E-state index in [-0.39, 0.29) is 0 Å². The number of hydrogen-bond acceptors (Lipinski definition) is 1. The molecule has 1 N–H and O–H groups in total. The van der Waals surface area contributed by atoms with Crippen molar-refractivity contribution in [3.05, 3.63) is 29.3 Å². The van der Waals surface area contributed by atoms with Crippen LogP contribution in [0, 0.1) is 0 Å². The standard InChI is InChI=1S/C13H18O/c1-2-10-8-5-9-12(13(10)14)11-6-3-4-7-11/h5,8-9,11,14H,2-4,6-7H2,1H3. The minimum absolute atomic E-state index is 0.557. The van der Waals surface area contributed by atoms with Crippen molar-refractivity contribution >= 4 is 0 Å². The number of rotatable bonds is 2. The normalized spacial score (nSPS) is 17.5. The highest BCUT2D eigenvalue weighted by Gasteiger charge is 2.20. The summed E-state index contributed by atoms with van der Waals surface area (Å²) < 4.78 is 0. The van der Waals surface area contributed by atoms with E-state index in [0.717, 1.165) is 12.0 Å². The number of aromatic hydroxyl groups is 1. The summed E-state index contributed by atoms with van der Waals surface area (Å²) >= 11 is 0. The SMILES string of the molecule is CCc1cccc(C2CCCC2)c1O. The minimum atomic E-state index is 0.557. The summed E-state index contributed by atoms with van der Waals surface area (Å²) in [6.45, 7) is 2.09. The van der Waals surface area contributed by atoms with Gasteiger partial charge in [-0.3, -0.25) is 0 Å². The number of benzene rings is 1. The molecule has 0 bridgehead atoms. The van der Waals surface area contributed by atoms with E-state index in [2.05, 4.69) is 19.1 Å². The van der Waals surface area contributed by atoms with Crippen LogP contribution in [-0.4, -0.2) is 5.11 Å². The van der Waals surface area contributed by atoms with E-state index >= 15 is 0 Å². The van der Waals surface area contributed by atoms with Gasteiger partial charge in [0.25, 0.3) is 0 Å². The van der Waals surface area contributed by atoms with Gasteiger partial charge in [-0.25, -0.2) is 0 Å². The second kappa shape index (κ2) is 4.04. The zero-order chi connectivity index (χ0) is 9.97. The van der Waals surface area contributed by atoms with Gasteiger partial charge in [-0.1, -0.05) is 38.0 Å². The molecule has 76 valence electrons. The van der Waals surface area contributed by atoms with Crippen LogP contribution in [0.4, 0.5) is 0 Å². The molecule has 1 heteroatoms. The predicted molar refractivity (Wildman–Crippen MR) is 58.7 cm³/mol. The van der Waals surface area contributed by atoms with Gasteiger partial charge < -0.3 is 5.11 Å². The van der Waals surface area contributed by atoms with Crippen molar-refractivity contribution in [3.8, 4) is 5.75 Å². The Morgan fingerprint density at radius 1 is 1.29 bits per heavy atom. The van der Waals surface area contributed by atoms with E-state index in [1.165, 1.54) is 31.2 Å². The Balaban J connectivity index is 2.32. The fourth-order valence-corrected chi connectivity index (χ4v) is 2.46. The van der Waals surface area contributed by atoms with Crippen LogP contribution < -0.4 is 0 Å². The van der Waals surface area contributed by atoms with Gasteiger partial charge in [-0.05, 0) is 36.3 Å². The summed E-state index contributed by atoms with van der Waals surface area (Å²) in [5.74, 6) is 1.17. The van der Waals surface area contributed by atoms with E-state index in [0.29, 0.717) is 11.7 Å². The summed E-state index contributed by atoms with van der Waals surface area (Å²) in [4.78, 5) is 0. The van der Waals surface area contributed by atoms with Crippen LogP contribution in [-0.2, 0) is 6.42 Å². The molecule has 1 aromatic carbocycles. The fourth-order valence-electron chi connectivity index (χ4n) is 2.46. The van der Waals surface area contributed by atoms with Crippen LogP contribution >= 0.6 is 0 Å². The molecule has 1 fully saturated rings. The van der Waals surface area contributed by atoms with E-state index < -0.39 is 0 Å². The summed E-state index contributed by atoms with van der Waals surface area (Å²) in [5.41, 5.74) is 2.27. The van der Waals surface area contributed by atoms with Crippen molar-refractivity contribution in [2.24, 2.45) is 0 Å². The van der Waals surface area contributed by atoms with Gasteiger partial charge in [0.1, 0.15) is 5.75 Å². The molecular formula is C13H18O. The van der Waals surface area contributed by atoms with Crippen LogP contribution in [0.3, 0.4) is 0 Å². The Bertz CT molecular complexity index is 311. The fraction of sp³-hybridized carbons (Fsp3) is 0.538. The van der Waals surface area contributed by atoms with E-state index in [1.54, 1.807) is 0 Å². The summed E-state index contributed by atoms with van der Waals surface area (Å²) in [6.07, 6.45) is 6.06. The Labute approximate surface area is 85.8 Å². The number of hydrogen-bond donors (Lipinski definition) is 1. The van der Waals surface area contributed by atoms with Crippen molar-refractivity contribution in [3.63, 3.8) is 0 Å². The maximum atomic E-state index is 10.0. The van der Waals surface area contributed by atoms with E-state index in [9.17, 15) is 5.11 Å². The average Bonchev–Trinajstić information content (AvgIpc) is 2.71. The van der Waals surface area contributed by atoms with Crippen molar-refractivity contribution < 1.29 is 5.11 Å². The van der Waals surface area contributed by atoms with E-state index in [4.69, 9.17) is 0 Å². The molecule has 0 amide bonds. The highest BCUT2D eigenvalue weighted by molar-refractivity contribution is 5.42. The van der Waals surface area contributed by atoms with Crippen LogP contribution in [0.15, 0.2) is 18.2 Å². The molecule has 0 aromatic heterocycles. The Morgan fingerprint density at radius 2 is 2.00 bits per heavy atom. The lowest BCUT2D eigenvalue weighted by Gasteiger charge is -2.13. The van der Waals surface area contributed by atoms with Gasteiger partial charge in [0.15, 0.2) is 0 Å². The minimum Gasteiger partial charge on any atom is -0.507 e. The Morgan fingerprint density at radius 3 is 2.64 bits per heavy atom. The maximum Gasteiger partial charge on any atom is 0.122 e. The molecule has 0 aliphatic heterocycles. The van der Waals surface area contributed by atoms with Gasteiger partial charge in [0, 0.05) is 0 Å². The lowest BCUT2D eigenvalue weighted by Crippen LogP contribution is -1.95. The van der Waals surface area contributed by atoms with E-state index in [1.807, 2.05) is 6.07 Å². The molecule has 1 aliphatic rings. The van der Waals surface area contributed by atoms with Gasteiger partial charge in [0.2, 0.25) is 0 Å². The predicted octanol–water partition coefficient (Wildman–Crippen LogP) is 3.61. The van der Waals surface area contributed by atoms with Crippen LogP contribution in [0.25, 0.3) is 0 Å². The molecule has 0 spiro atoms. The molecule has 1 nitrogen and oxygen atoms in total. The van der Waals surface area contributed by atoms with Crippen molar-refractivity contribution in [1.29, 1.82) is 0 Å². The second-order valence-electron chi connectivity index (χ2n) is 4.19. The topological polar surface area (TPSA) is 20.2 Å². The monoisotopic (exact) mass is 190 g/mol. The van der Waals surface area contributed by atoms with Crippen molar-refractivity contribution in [2.45, 2.75) is 44.9 Å². The molecule has 0 atom stereocenters. The number of aryl methyl sites for hydroxylation is 1. The number of para-hydroxylation sites is 1. The lowest BCUT2D eigenvalue weighted by atomic mass is 9.94. The van der Waals surface area contributed by atoms with Gasteiger partial charge in [-0.2, -0.15) is 0 Å². The summed E-state index contributed by atoms with van der Waals surface area (Å²) in [5, 5.41) is 10.0. The first-order chi connectivity index (χ1) is 6.83. The largest absolute Gasteiger partial charge is 0.507 e. The summed E-state index contributed by atoms with van der Waals surface area (Å²) in [6, 6.07) is 6.18.